The minimum absolute atomic E-state index is 0.0184. The molecule has 5 nitrogen and oxygen atoms in total. The second-order valence-corrected chi connectivity index (χ2v) is 4.97. The molecule has 1 aromatic heterocycles. The molecular formula is C12H15NO4S. The van der Waals surface area contributed by atoms with Crippen molar-refractivity contribution < 1.29 is 19.5 Å². The van der Waals surface area contributed by atoms with Crippen molar-refractivity contribution in [3.05, 3.63) is 21.9 Å². The molecule has 0 saturated heterocycles. The SMILES string of the molecule is CC(=O)c1csc(C(=O)NC(C)CCC(=O)O)c1. The number of rotatable bonds is 6. The first-order valence-corrected chi connectivity index (χ1v) is 6.40. The van der Waals surface area contributed by atoms with Gasteiger partial charge in [-0.05, 0) is 26.3 Å². The standard InChI is InChI=1S/C12H15NO4S/c1-7(3-4-11(15)16)13-12(17)10-5-9(6-18-10)8(2)14/h5-7H,3-4H2,1-2H3,(H,13,17)(H,15,16). The van der Waals surface area contributed by atoms with E-state index in [-0.39, 0.29) is 24.2 Å². The van der Waals surface area contributed by atoms with E-state index >= 15 is 0 Å². The van der Waals surface area contributed by atoms with Crippen LogP contribution in [-0.4, -0.2) is 28.8 Å². The maximum absolute atomic E-state index is 11.8. The van der Waals surface area contributed by atoms with Crippen LogP contribution >= 0.6 is 11.3 Å². The molecule has 18 heavy (non-hydrogen) atoms. The van der Waals surface area contributed by atoms with Crippen LogP contribution < -0.4 is 5.32 Å². The maximum atomic E-state index is 11.8. The van der Waals surface area contributed by atoms with Gasteiger partial charge in [0.15, 0.2) is 5.78 Å². The number of amides is 1. The number of carbonyl (C=O) groups is 3. The summed E-state index contributed by atoms with van der Waals surface area (Å²) < 4.78 is 0. The smallest absolute Gasteiger partial charge is 0.303 e. The zero-order valence-electron chi connectivity index (χ0n) is 10.2. The summed E-state index contributed by atoms with van der Waals surface area (Å²) >= 11 is 1.20. The Labute approximate surface area is 109 Å². The zero-order chi connectivity index (χ0) is 13.7. The number of aliphatic carboxylic acids is 1. The lowest BCUT2D eigenvalue weighted by Gasteiger charge is -2.11. The summed E-state index contributed by atoms with van der Waals surface area (Å²) in [4.78, 5) is 33.7. The molecule has 1 atom stereocenters. The third-order valence-electron chi connectivity index (χ3n) is 2.40. The molecule has 1 aromatic rings. The lowest BCUT2D eigenvalue weighted by Crippen LogP contribution is -2.32. The van der Waals surface area contributed by atoms with E-state index in [0.29, 0.717) is 16.9 Å². The topological polar surface area (TPSA) is 83.5 Å². The fraction of sp³-hybridized carbons (Fsp3) is 0.417. The first kappa shape index (κ1) is 14.4. The minimum Gasteiger partial charge on any atom is -0.481 e. The zero-order valence-corrected chi connectivity index (χ0v) is 11.0. The van der Waals surface area contributed by atoms with Crippen molar-refractivity contribution >= 4 is 29.0 Å². The van der Waals surface area contributed by atoms with Gasteiger partial charge in [0.2, 0.25) is 0 Å². The molecule has 6 heteroatoms. The lowest BCUT2D eigenvalue weighted by atomic mass is 10.2. The molecule has 0 aliphatic rings. The Morgan fingerprint density at radius 1 is 1.44 bits per heavy atom. The van der Waals surface area contributed by atoms with Crippen LogP contribution in [0.15, 0.2) is 11.4 Å². The van der Waals surface area contributed by atoms with Crippen molar-refractivity contribution in [3.63, 3.8) is 0 Å². The third-order valence-corrected chi connectivity index (χ3v) is 3.33. The summed E-state index contributed by atoms with van der Waals surface area (Å²) in [6.07, 6.45) is 0.399. The summed E-state index contributed by atoms with van der Waals surface area (Å²) in [5.41, 5.74) is 0.517. The lowest BCUT2D eigenvalue weighted by molar-refractivity contribution is -0.137. The van der Waals surface area contributed by atoms with Crippen LogP contribution in [0.4, 0.5) is 0 Å². The molecule has 0 bridgehead atoms. The molecular weight excluding hydrogens is 254 g/mol. The summed E-state index contributed by atoms with van der Waals surface area (Å²) in [7, 11) is 0. The average Bonchev–Trinajstić information content (AvgIpc) is 2.75. The fourth-order valence-corrected chi connectivity index (χ4v) is 2.20. The summed E-state index contributed by atoms with van der Waals surface area (Å²) in [6.45, 7) is 3.19. The number of Topliss-reactive ketones (excluding diaryl/α,β-unsaturated/α-hetero) is 1. The van der Waals surface area contributed by atoms with E-state index in [2.05, 4.69) is 5.32 Å². The molecule has 98 valence electrons. The second kappa shape index (κ2) is 6.30. The number of carbonyl (C=O) groups excluding carboxylic acids is 2. The normalized spacial score (nSPS) is 11.9. The summed E-state index contributed by atoms with van der Waals surface area (Å²) in [5.74, 6) is -1.24. The number of nitrogens with one attached hydrogen (secondary N) is 1. The average molecular weight is 269 g/mol. The first-order chi connectivity index (χ1) is 8.40. The Morgan fingerprint density at radius 3 is 2.61 bits per heavy atom. The first-order valence-electron chi connectivity index (χ1n) is 5.52. The van der Waals surface area contributed by atoms with Gasteiger partial charge in [-0.15, -0.1) is 11.3 Å². The van der Waals surface area contributed by atoms with Crippen LogP contribution in [0.3, 0.4) is 0 Å². The molecule has 0 fully saturated rings. The molecule has 1 amide bonds. The van der Waals surface area contributed by atoms with Crippen molar-refractivity contribution in [2.24, 2.45) is 0 Å². The molecule has 0 aliphatic heterocycles. The van der Waals surface area contributed by atoms with Crippen molar-refractivity contribution in [1.82, 2.24) is 5.32 Å². The van der Waals surface area contributed by atoms with Gasteiger partial charge in [0.1, 0.15) is 0 Å². The highest BCUT2D eigenvalue weighted by Gasteiger charge is 2.14. The monoisotopic (exact) mass is 269 g/mol. The van der Waals surface area contributed by atoms with Crippen molar-refractivity contribution in [2.75, 3.05) is 0 Å². The van der Waals surface area contributed by atoms with Gasteiger partial charge < -0.3 is 10.4 Å². The Balaban J connectivity index is 2.53. The van der Waals surface area contributed by atoms with Crippen molar-refractivity contribution in [3.8, 4) is 0 Å². The van der Waals surface area contributed by atoms with E-state index in [0.717, 1.165) is 0 Å². The van der Waals surface area contributed by atoms with Crippen LogP contribution in [0.2, 0.25) is 0 Å². The highest BCUT2D eigenvalue weighted by molar-refractivity contribution is 7.12. The van der Waals surface area contributed by atoms with E-state index in [1.807, 2.05) is 0 Å². The molecule has 1 heterocycles. The molecule has 0 spiro atoms. The number of ketones is 1. The minimum atomic E-state index is -0.883. The molecule has 0 aliphatic carbocycles. The number of carboxylic acid groups (broad SMARTS) is 1. The number of carboxylic acids is 1. The van der Waals surface area contributed by atoms with Gasteiger partial charge >= 0.3 is 5.97 Å². The van der Waals surface area contributed by atoms with Crippen molar-refractivity contribution in [1.29, 1.82) is 0 Å². The highest BCUT2D eigenvalue weighted by atomic mass is 32.1. The molecule has 2 N–H and O–H groups in total. The Bertz CT molecular complexity index is 466. The van der Waals surface area contributed by atoms with Gasteiger partial charge in [0, 0.05) is 23.4 Å². The number of thiophene rings is 1. The van der Waals surface area contributed by atoms with Crippen LogP contribution in [0.25, 0.3) is 0 Å². The summed E-state index contributed by atoms with van der Waals surface area (Å²) in [6, 6.07) is 1.34. The predicted octanol–water partition coefficient (Wildman–Crippen LogP) is 1.93. The Kier molecular flexibility index (Phi) is 5.03. The van der Waals surface area contributed by atoms with E-state index in [1.165, 1.54) is 18.3 Å². The molecule has 0 aromatic carbocycles. The van der Waals surface area contributed by atoms with Gasteiger partial charge in [-0.3, -0.25) is 14.4 Å². The molecule has 1 unspecified atom stereocenters. The number of hydrogen-bond acceptors (Lipinski definition) is 4. The van der Waals surface area contributed by atoms with Crippen LogP contribution in [0.5, 0.6) is 0 Å². The largest absolute Gasteiger partial charge is 0.481 e. The van der Waals surface area contributed by atoms with Crippen molar-refractivity contribution in [2.45, 2.75) is 32.7 Å². The second-order valence-electron chi connectivity index (χ2n) is 4.06. The Hall–Kier alpha value is -1.69. The van der Waals surface area contributed by atoms with Gasteiger partial charge in [0.25, 0.3) is 5.91 Å². The van der Waals surface area contributed by atoms with E-state index in [9.17, 15) is 14.4 Å². The Morgan fingerprint density at radius 2 is 2.11 bits per heavy atom. The fourth-order valence-electron chi connectivity index (χ4n) is 1.35. The quantitative estimate of drug-likeness (QED) is 0.773. The third kappa shape index (κ3) is 4.29. The highest BCUT2D eigenvalue weighted by Crippen LogP contribution is 2.15. The molecule has 0 saturated carbocycles. The van der Waals surface area contributed by atoms with Crippen LogP contribution in [0.1, 0.15) is 46.7 Å². The van der Waals surface area contributed by atoms with Gasteiger partial charge in [-0.1, -0.05) is 0 Å². The van der Waals surface area contributed by atoms with E-state index < -0.39 is 5.97 Å². The number of hydrogen-bond donors (Lipinski definition) is 2. The van der Waals surface area contributed by atoms with Crippen LogP contribution in [0, 0.1) is 0 Å². The van der Waals surface area contributed by atoms with Gasteiger partial charge in [0.05, 0.1) is 4.88 Å². The summed E-state index contributed by atoms with van der Waals surface area (Å²) in [5, 5.41) is 12.9. The molecule has 0 radical (unpaired) electrons. The van der Waals surface area contributed by atoms with E-state index in [4.69, 9.17) is 5.11 Å². The van der Waals surface area contributed by atoms with E-state index in [1.54, 1.807) is 18.4 Å². The maximum Gasteiger partial charge on any atom is 0.303 e. The molecule has 1 rings (SSSR count). The van der Waals surface area contributed by atoms with Gasteiger partial charge in [-0.25, -0.2) is 0 Å². The van der Waals surface area contributed by atoms with Crippen LogP contribution in [-0.2, 0) is 4.79 Å². The predicted molar refractivity (Wildman–Crippen MR) is 68.1 cm³/mol. The van der Waals surface area contributed by atoms with Gasteiger partial charge in [-0.2, -0.15) is 0 Å².